The van der Waals surface area contributed by atoms with Gasteiger partial charge in [0.1, 0.15) is 12.4 Å². The van der Waals surface area contributed by atoms with Gasteiger partial charge in [0, 0.05) is 6.54 Å². The highest BCUT2D eigenvalue weighted by molar-refractivity contribution is 14.1. The number of benzene rings is 4. The topological polar surface area (TPSA) is 46.6 Å². The van der Waals surface area contributed by atoms with E-state index >= 15 is 0 Å². The average molecular weight is 731 g/mol. The van der Waals surface area contributed by atoms with E-state index in [1.165, 1.54) is 21.2 Å². The summed E-state index contributed by atoms with van der Waals surface area (Å²) in [5, 5.41) is 2.17. The van der Waals surface area contributed by atoms with E-state index in [2.05, 4.69) is 87.6 Å². The molecule has 1 aliphatic rings. The SMILES string of the molecule is O=C1S/C(=C/c2cc(I)c(OCc3cccc4ccccc34)c(I)c2)C(=O)N1CCCc1ccccc1. The Labute approximate surface area is 247 Å². The van der Waals surface area contributed by atoms with Crippen LogP contribution in [0.1, 0.15) is 23.1 Å². The minimum absolute atomic E-state index is 0.205. The van der Waals surface area contributed by atoms with Gasteiger partial charge in [0.25, 0.3) is 11.1 Å². The van der Waals surface area contributed by atoms with Crippen molar-refractivity contribution in [2.45, 2.75) is 19.4 Å². The van der Waals surface area contributed by atoms with Crippen LogP contribution in [0.2, 0.25) is 0 Å². The number of ether oxygens (including phenoxy) is 1. The van der Waals surface area contributed by atoms with Crippen molar-refractivity contribution in [3.63, 3.8) is 0 Å². The number of carbonyl (C=O) groups excluding carboxylic acids is 2. The molecule has 1 heterocycles. The van der Waals surface area contributed by atoms with Gasteiger partial charge in [-0.3, -0.25) is 14.5 Å². The molecular weight excluding hydrogens is 708 g/mol. The lowest BCUT2D eigenvalue weighted by Gasteiger charge is -2.13. The molecule has 186 valence electrons. The summed E-state index contributed by atoms with van der Waals surface area (Å²) in [7, 11) is 0. The Morgan fingerprint density at radius 2 is 1.57 bits per heavy atom. The molecule has 0 atom stereocenters. The van der Waals surface area contributed by atoms with Crippen molar-refractivity contribution in [1.82, 2.24) is 4.90 Å². The number of nitrogens with zero attached hydrogens (tertiary/aromatic N) is 1. The lowest BCUT2D eigenvalue weighted by atomic mass is 10.1. The van der Waals surface area contributed by atoms with E-state index in [0.29, 0.717) is 18.1 Å². The van der Waals surface area contributed by atoms with Crippen molar-refractivity contribution >= 4 is 84.9 Å². The van der Waals surface area contributed by atoms with Crippen molar-refractivity contribution in [3.05, 3.63) is 114 Å². The summed E-state index contributed by atoms with van der Waals surface area (Å²) in [6, 6.07) is 28.6. The largest absolute Gasteiger partial charge is 0.487 e. The fourth-order valence-corrected chi connectivity index (χ4v) is 7.29. The second-order valence-electron chi connectivity index (χ2n) is 8.66. The van der Waals surface area contributed by atoms with Crippen LogP contribution in [0.25, 0.3) is 16.8 Å². The van der Waals surface area contributed by atoms with E-state index < -0.39 is 0 Å². The summed E-state index contributed by atoms with van der Waals surface area (Å²) < 4.78 is 8.17. The average Bonchev–Trinajstić information content (AvgIpc) is 3.16. The predicted octanol–water partition coefficient (Wildman–Crippen LogP) is 8.30. The van der Waals surface area contributed by atoms with Crippen molar-refractivity contribution in [2.24, 2.45) is 0 Å². The summed E-state index contributed by atoms with van der Waals surface area (Å²) >= 11 is 5.55. The fourth-order valence-electron chi connectivity index (χ4n) is 4.30. The molecule has 5 rings (SSSR count). The Kier molecular flexibility index (Phi) is 8.51. The molecule has 0 bridgehead atoms. The smallest absolute Gasteiger partial charge is 0.293 e. The van der Waals surface area contributed by atoms with Gasteiger partial charge in [-0.2, -0.15) is 0 Å². The quantitative estimate of drug-likeness (QED) is 0.135. The lowest BCUT2D eigenvalue weighted by molar-refractivity contribution is -0.122. The maximum atomic E-state index is 13.0. The number of amides is 2. The van der Waals surface area contributed by atoms with Crippen LogP contribution in [0, 0.1) is 7.14 Å². The van der Waals surface area contributed by atoms with Crippen molar-refractivity contribution in [2.75, 3.05) is 6.54 Å². The molecule has 1 fully saturated rings. The van der Waals surface area contributed by atoms with Crippen molar-refractivity contribution < 1.29 is 14.3 Å². The number of hydrogen-bond acceptors (Lipinski definition) is 4. The Morgan fingerprint density at radius 3 is 2.35 bits per heavy atom. The third-order valence-corrected chi connectivity index (χ3v) is 8.64. The minimum atomic E-state index is -0.218. The summed E-state index contributed by atoms with van der Waals surface area (Å²) in [5.74, 6) is 0.602. The lowest BCUT2D eigenvalue weighted by Crippen LogP contribution is -2.29. The van der Waals surface area contributed by atoms with Crippen molar-refractivity contribution in [1.29, 1.82) is 0 Å². The highest BCUT2D eigenvalue weighted by Gasteiger charge is 2.34. The standard InChI is InChI=1S/C30H23I2NO3S/c31-25-16-21(17-26(32)28(25)36-19-23-13-6-12-22-11-4-5-14-24(22)23)18-27-29(34)33(30(35)37-27)15-7-10-20-8-2-1-3-9-20/h1-6,8-9,11-14,16-18H,7,10,15,19H2/b27-18+. The highest BCUT2D eigenvalue weighted by Crippen LogP contribution is 2.35. The molecule has 0 saturated carbocycles. The van der Waals surface area contributed by atoms with Crippen LogP contribution in [0.15, 0.2) is 89.8 Å². The Balaban J connectivity index is 1.26. The Bertz CT molecular complexity index is 1480. The number of thioether (sulfide) groups is 1. The van der Waals surface area contributed by atoms with Crippen LogP contribution >= 0.6 is 56.9 Å². The van der Waals surface area contributed by atoms with Crippen LogP contribution in [-0.4, -0.2) is 22.6 Å². The Hall–Kier alpha value is -2.37. The molecule has 0 radical (unpaired) electrons. The van der Waals surface area contributed by atoms with Gasteiger partial charge in [-0.05, 0) is 115 Å². The molecule has 2 amide bonds. The van der Waals surface area contributed by atoms with E-state index in [-0.39, 0.29) is 11.1 Å². The van der Waals surface area contributed by atoms with Gasteiger partial charge in [0.15, 0.2) is 0 Å². The third-order valence-electron chi connectivity index (χ3n) is 6.13. The summed E-state index contributed by atoms with van der Waals surface area (Å²) in [5.41, 5.74) is 3.22. The van der Waals surface area contributed by atoms with Gasteiger partial charge < -0.3 is 4.74 Å². The zero-order valence-corrected chi connectivity index (χ0v) is 25.0. The molecule has 4 nitrogen and oxygen atoms in total. The number of rotatable bonds is 8. The normalized spacial score (nSPS) is 14.6. The van der Waals surface area contributed by atoms with Crippen LogP contribution in [0.3, 0.4) is 0 Å². The molecule has 0 unspecified atom stereocenters. The van der Waals surface area contributed by atoms with E-state index in [4.69, 9.17) is 4.74 Å². The number of fused-ring (bicyclic) bond motifs is 1. The predicted molar refractivity (Wildman–Crippen MR) is 168 cm³/mol. The van der Waals surface area contributed by atoms with Gasteiger partial charge >= 0.3 is 0 Å². The first-order chi connectivity index (χ1) is 18.0. The van der Waals surface area contributed by atoms with Gasteiger partial charge in [-0.25, -0.2) is 0 Å². The monoisotopic (exact) mass is 731 g/mol. The zero-order valence-electron chi connectivity index (χ0n) is 19.8. The molecule has 4 aromatic rings. The second-order valence-corrected chi connectivity index (χ2v) is 12.0. The first-order valence-corrected chi connectivity index (χ1v) is 14.8. The van der Waals surface area contributed by atoms with Crippen LogP contribution < -0.4 is 4.74 Å². The highest BCUT2D eigenvalue weighted by atomic mass is 127. The van der Waals surface area contributed by atoms with Gasteiger partial charge in [-0.1, -0.05) is 72.8 Å². The van der Waals surface area contributed by atoms with Gasteiger partial charge in [0.2, 0.25) is 0 Å². The molecule has 1 saturated heterocycles. The Morgan fingerprint density at radius 1 is 0.865 bits per heavy atom. The molecular formula is C30H23I2NO3S. The molecule has 1 aliphatic heterocycles. The van der Waals surface area contributed by atoms with E-state index in [1.54, 1.807) is 6.08 Å². The van der Waals surface area contributed by atoms with Crippen LogP contribution in [0.5, 0.6) is 5.75 Å². The van der Waals surface area contributed by atoms with Crippen molar-refractivity contribution in [3.8, 4) is 5.75 Å². The summed E-state index contributed by atoms with van der Waals surface area (Å²) in [4.78, 5) is 27.3. The number of halogens is 2. The molecule has 0 aliphatic carbocycles. The number of hydrogen-bond donors (Lipinski definition) is 0. The van der Waals surface area contributed by atoms with E-state index in [9.17, 15) is 9.59 Å². The maximum Gasteiger partial charge on any atom is 0.293 e. The molecule has 7 heteroatoms. The molecule has 0 N–H and O–H groups in total. The molecule has 0 aromatic heterocycles. The molecule has 4 aromatic carbocycles. The van der Waals surface area contributed by atoms with Crippen LogP contribution in [-0.2, 0) is 17.8 Å². The zero-order chi connectivity index (χ0) is 25.8. The summed E-state index contributed by atoms with van der Waals surface area (Å²) in [6.45, 7) is 0.890. The molecule has 0 spiro atoms. The van der Waals surface area contributed by atoms with E-state index in [0.717, 1.165) is 48.6 Å². The van der Waals surface area contributed by atoms with Crippen LogP contribution in [0.4, 0.5) is 4.79 Å². The van der Waals surface area contributed by atoms with Gasteiger partial charge in [0.05, 0.1) is 12.0 Å². The third kappa shape index (κ3) is 6.21. The van der Waals surface area contributed by atoms with Gasteiger partial charge in [-0.15, -0.1) is 0 Å². The maximum absolute atomic E-state index is 13.0. The second kappa shape index (κ2) is 12.0. The minimum Gasteiger partial charge on any atom is -0.487 e. The number of aryl methyl sites for hydroxylation is 1. The molecule has 37 heavy (non-hydrogen) atoms. The number of carbonyl (C=O) groups is 2. The first kappa shape index (κ1) is 26.2. The number of imide groups is 1. The fraction of sp³-hybridized carbons (Fsp3) is 0.133. The first-order valence-electron chi connectivity index (χ1n) is 11.9. The van der Waals surface area contributed by atoms with E-state index in [1.807, 2.05) is 42.5 Å². The summed E-state index contributed by atoms with van der Waals surface area (Å²) in [6.07, 6.45) is 3.38.